The molecule has 1 saturated heterocycles. The fourth-order valence-corrected chi connectivity index (χ4v) is 3.72. The van der Waals surface area contributed by atoms with Crippen molar-refractivity contribution in [2.45, 2.75) is 65.2 Å². The molecule has 2 fully saturated rings. The fourth-order valence-electron chi connectivity index (χ4n) is 3.72. The summed E-state index contributed by atoms with van der Waals surface area (Å²) >= 11 is 0. The molecular formula is C16H27NO3. The van der Waals surface area contributed by atoms with Crippen LogP contribution in [0.1, 0.15) is 65.2 Å². The number of rotatable bonds is 5. The van der Waals surface area contributed by atoms with E-state index in [0.717, 1.165) is 38.5 Å². The van der Waals surface area contributed by atoms with Crippen molar-refractivity contribution in [1.82, 2.24) is 4.90 Å². The number of carbonyl (C=O) groups excluding carboxylic acids is 2. The monoisotopic (exact) mass is 281 g/mol. The number of nitrogens with zero attached hydrogens (tertiary/aromatic N) is 1. The van der Waals surface area contributed by atoms with Gasteiger partial charge in [0.15, 0.2) is 0 Å². The van der Waals surface area contributed by atoms with Crippen molar-refractivity contribution in [1.29, 1.82) is 0 Å². The molecule has 20 heavy (non-hydrogen) atoms. The van der Waals surface area contributed by atoms with Crippen molar-refractivity contribution in [3.63, 3.8) is 0 Å². The van der Waals surface area contributed by atoms with Crippen molar-refractivity contribution < 1.29 is 14.7 Å². The second-order valence-corrected chi connectivity index (χ2v) is 6.67. The summed E-state index contributed by atoms with van der Waals surface area (Å²) in [5.41, 5.74) is -0.733. The lowest BCUT2D eigenvalue weighted by Gasteiger charge is -2.35. The van der Waals surface area contributed by atoms with Gasteiger partial charge in [-0.2, -0.15) is 0 Å². The van der Waals surface area contributed by atoms with Crippen molar-refractivity contribution in [2.24, 2.45) is 10.8 Å². The Labute approximate surface area is 121 Å². The van der Waals surface area contributed by atoms with E-state index in [0.29, 0.717) is 13.0 Å². The van der Waals surface area contributed by atoms with Gasteiger partial charge >= 0.3 is 0 Å². The van der Waals surface area contributed by atoms with E-state index in [1.165, 1.54) is 11.3 Å². The van der Waals surface area contributed by atoms with Crippen LogP contribution in [0.25, 0.3) is 0 Å². The first kappa shape index (κ1) is 15.5. The van der Waals surface area contributed by atoms with Crippen LogP contribution in [-0.2, 0) is 9.59 Å². The predicted octanol–water partition coefficient (Wildman–Crippen LogP) is 2.49. The van der Waals surface area contributed by atoms with Crippen LogP contribution in [-0.4, -0.2) is 35.0 Å². The Morgan fingerprint density at radius 2 is 1.75 bits per heavy atom. The first-order chi connectivity index (χ1) is 9.52. The average Bonchev–Trinajstić information content (AvgIpc) is 2.69. The molecule has 4 nitrogen and oxygen atoms in total. The molecule has 1 spiro atoms. The molecule has 2 aliphatic rings. The maximum Gasteiger partial charge on any atom is 0.235 e. The molecule has 4 heteroatoms. The minimum absolute atomic E-state index is 0.0296. The molecule has 2 rings (SSSR count). The van der Waals surface area contributed by atoms with Crippen molar-refractivity contribution in [3.05, 3.63) is 0 Å². The van der Waals surface area contributed by atoms with Gasteiger partial charge < -0.3 is 5.11 Å². The van der Waals surface area contributed by atoms with Gasteiger partial charge in [0.1, 0.15) is 0 Å². The molecule has 0 aromatic carbocycles. The Morgan fingerprint density at radius 1 is 1.15 bits per heavy atom. The molecule has 0 unspecified atom stereocenters. The van der Waals surface area contributed by atoms with Crippen LogP contribution in [0.3, 0.4) is 0 Å². The van der Waals surface area contributed by atoms with Gasteiger partial charge in [0.25, 0.3) is 0 Å². The van der Waals surface area contributed by atoms with E-state index in [9.17, 15) is 14.7 Å². The highest BCUT2D eigenvalue weighted by Gasteiger charge is 2.52. The Kier molecular flexibility index (Phi) is 4.52. The highest BCUT2D eigenvalue weighted by molar-refractivity contribution is 6.06. The van der Waals surface area contributed by atoms with Crippen LogP contribution in [0.4, 0.5) is 0 Å². The van der Waals surface area contributed by atoms with Gasteiger partial charge in [-0.15, -0.1) is 0 Å². The molecule has 0 aromatic heterocycles. The second kappa shape index (κ2) is 5.84. The molecule has 1 heterocycles. The zero-order valence-electron chi connectivity index (χ0n) is 12.8. The zero-order valence-corrected chi connectivity index (χ0v) is 12.8. The normalized spacial score (nSPS) is 22.9. The summed E-state index contributed by atoms with van der Waals surface area (Å²) in [5.74, 6) is -0.00134. The number of aliphatic hydroxyl groups excluding tert-OH is 1. The molecule has 0 radical (unpaired) electrons. The topological polar surface area (TPSA) is 57.6 Å². The lowest BCUT2D eigenvalue weighted by Crippen LogP contribution is -2.44. The lowest BCUT2D eigenvalue weighted by atomic mass is 9.73. The van der Waals surface area contributed by atoms with Crippen molar-refractivity contribution in [2.75, 3.05) is 13.2 Å². The largest absolute Gasteiger partial charge is 0.396 e. The van der Waals surface area contributed by atoms with Crippen LogP contribution in [0.15, 0.2) is 0 Å². The van der Waals surface area contributed by atoms with E-state index in [1.54, 1.807) is 0 Å². The Balaban J connectivity index is 2.16. The van der Waals surface area contributed by atoms with E-state index < -0.39 is 5.41 Å². The standard InChI is InChI=1S/C16H27NO3/c1-3-15(4-2,12-18)11-17-13(19)10-16(14(17)20)8-6-5-7-9-16/h18H,3-12H2,1-2H3. The highest BCUT2D eigenvalue weighted by Crippen LogP contribution is 2.46. The SMILES string of the molecule is CCC(CC)(CO)CN1C(=O)CC2(CCCCC2)C1=O. The summed E-state index contributed by atoms with van der Waals surface area (Å²) < 4.78 is 0. The number of hydrogen-bond donors (Lipinski definition) is 1. The molecule has 0 aromatic rings. The van der Waals surface area contributed by atoms with Gasteiger partial charge in [-0.05, 0) is 25.7 Å². The fraction of sp³-hybridized carbons (Fsp3) is 0.875. The van der Waals surface area contributed by atoms with Gasteiger partial charge in [0.05, 0.1) is 12.0 Å². The molecule has 0 atom stereocenters. The molecular weight excluding hydrogens is 254 g/mol. The first-order valence-corrected chi connectivity index (χ1v) is 7.98. The molecule has 0 bridgehead atoms. The van der Waals surface area contributed by atoms with Gasteiger partial charge in [0, 0.05) is 18.4 Å². The number of imide groups is 1. The third-order valence-electron chi connectivity index (χ3n) is 5.63. The second-order valence-electron chi connectivity index (χ2n) is 6.67. The maximum atomic E-state index is 12.7. The Hall–Kier alpha value is -0.900. The quantitative estimate of drug-likeness (QED) is 0.788. The van der Waals surface area contributed by atoms with Gasteiger partial charge in [0.2, 0.25) is 11.8 Å². The number of aliphatic hydroxyl groups is 1. The number of likely N-dealkylation sites (tertiary alicyclic amines) is 1. The minimum atomic E-state index is -0.405. The molecule has 1 N–H and O–H groups in total. The third-order valence-corrected chi connectivity index (χ3v) is 5.63. The zero-order chi connectivity index (χ0) is 14.8. The molecule has 1 aliphatic heterocycles. The average molecular weight is 281 g/mol. The predicted molar refractivity (Wildman–Crippen MR) is 77.0 cm³/mol. The summed E-state index contributed by atoms with van der Waals surface area (Å²) in [6.07, 6.45) is 6.96. The van der Waals surface area contributed by atoms with Gasteiger partial charge in [-0.3, -0.25) is 14.5 Å². The molecule has 114 valence electrons. The summed E-state index contributed by atoms with van der Waals surface area (Å²) in [6.45, 7) is 4.45. The number of amides is 2. The number of carbonyl (C=O) groups is 2. The van der Waals surface area contributed by atoms with Gasteiger partial charge in [-0.1, -0.05) is 33.1 Å². The van der Waals surface area contributed by atoms with Gasteiger partial charge in [-0.25, -0.2) is 0 Å². The van der Waals surface area contributed by atoms with Crippen LogP contribution in [0.2, 0.25) is 0 Å². The smallest absolute Gasteiger partial charge is 0.235 e. The minimum Gasteiger partial charge on any atom is -0.396 e. The first-order valence-electron chi connectivity index (χ1n) is 7.98. The molecule has 1 aliphatic carbocycles. The Bertz CT molecular complexity index is 373. The van der Waals surface area contributed by atoms with Crippen LogP contribution >= 0.6 is 0 Å². The van der Waals surface area contributed by atoms with E-state index in [4.69, 9.17) is 0 Å². The van der Waals surface area contributed by atoms with Crippen LogP contribution < -0.4 is 0 Å². The Morgan fingerprint density at radius 3 is 2.25 bits per heavy atom. The summed E-state index contributed by atoms with van der Waals surface area (Å²) in [5, 5.41) is 9.66. The van der Waals surface area contributed by atoms with E-state index in [1.807, 2.05) is 13.8 Å². The lowest BCUT2D eigenvalue weighted by molar-refractivity contribution is -0.144. The van der Waals surface area contributed by atoms with E-state index in [2.05, 4.69) is 0 Å². The summed E-state index contributed by atoms with van der Waals surface area (Å²) in [4.78, 5) is 26.5. The number of hydrogen-bond acceptors (Lipinski definition) is 3. The molecule has 2 amide bonds. The van der Waals surface area contributed by atoms with Crippen LogP contribution in [0, 0.1) is 10.8 Å². The van der Waals surface area contributed by atoms with Crippen molar-refractivity contribution >= 4 is 11.8 Å². The maximum absolute atomic E-state index is 12.7. The summed E-state index contributed by atoms with van der Waals surface area (Å²) in [7, 11) is 0. The third kappa shape index (κ3) is 2.50. The van der Waals surface area contributed by atoms with E-state index in [-0.39, 0.29) is 23.8 Å². The molecule has 1 saturated carbocycles. The highest BCUT2D eigenvalue weighted by atomic mass is 16.3. The van der Waals surface area contributed by atoms with Crippen LogP contribution in [0.5, 0.6) is 0 Å². The van der Waals surface area contributed by atoms with Crippen molar-refractivity contribution in [3.8, 4) is 0 Å². The summed E-state index contributed by atoms with van der Waals surface area (Å²) in [6, 6.07) is 0. The van der Waals surface area contributed by atoms with E-state index >= 15 is 0 Å².